The minimum absolute atomic E-state index is 0.163. The van der Waals surface area contributed by atoms with Crippen molar-refractivity contribution in [3.63, 3.8) is 0 Å². The molecule has 4 amide bonds. The van der Waals surface area contributed by atoms with Gasteiger partial charge >= 0.3 is 0 Å². The summed E-state index contributed by atoms with van der Waals surface area (Å²) >= 11 is 0. The Hall–Kier alpha value is -6.20. The Morgan fingerprint density at radius 3 is 0.607 bits per heavy atom. The Morgan fingerprint density at radius 2 is 0.476 bits per heavy atom. The van der Waals surface area contributed by atoms with Crippen molar-refractivity contribution in [1.29, 1.82) is 0 Å². The van der Waals surface area contributed by atoms with Crippen LogP contribution in [0.3, 0.4) is 0 Å². The average molecular weight is 1170 g/mol. The van der Waals surface area contributed by atoms with Gasteiger partial charge in [0, 0.05) is 79.6 Å². The molecule has 0 atom stereocenters. The molecule has 4 aromatic rings. The van der Waals surface area contributed by atoms with Crippen LogP contribution in [-0.4, -0.2) is 119 Å². The minimum atomic E-state index is -0.373. The number of carbonyl (C=O) groups is 4. The third-order valence-electron chi connectivity index (χ3n) is 15.5. The molecule has 0 saturated heterocycles. The van der Waals surface area contributed by atoms with E-state index in [2.05, 4.69) is 132 Å². The molecule has 1 aliphatic carbocycles. The molecule has 0 saturated carbocycles. The fourth-order valence-electron chi connectivity index (χ4n) is 10.2. The molecular formula is C68H100N4O12. The van der Waals surface area contributed by atoms with Gasteiger partial charge in [-0.25, -0.2) is 20.3 Å². The highest BCUT2D eigenvalue weighted by Crippen LogP contribution is 2.45. The van der Waals surface area contributed by atoms with Crippen molar-refractivity contribution in [1.82, 2.24) is 20.3 Å². The van der Waals surface area contributed by atoms with Gasteiger partial charge in [-0.05, 0) is 140 Å². The Morgan fingerprint density at radius 1 is 0.321 bits per heavy atom. The topological polar surface area (TPSA) is 199 Å². The van der Waals surface area contributed by atoms with Crippen molar-refractivity contribution >= 4 is 23.6 Å². The number of unbranched alkanes of at least 4 members (excludes halogenated alkanes) is 4. The zero-order valence-corrected chi connectivity index (χ0v) is 53.6. The lowest BCUT2D eigenvalue weighted by Crippen LogP contribution is -2.22. The van der Waals surface area contributed by atoms with Gasteiger partial charge in [-0.2, -0.15) is 0 Å². The molecule has 4 N–H and O–H groups in total. The highest BCUT2D eigenvalue weighted by Gasteiger charge is 2.30. The van der Waals surface area contributed by atoms with Crippen LogP contribution in [0.5, 0.6) is 23.0 Å². The first-order valence-electron chi connectivity index (χ1n) is 30.1. The highest BCUT2D eigenvalue weighted by atomic mass is 16.5. The predicted molar refractivity (Wildman–Crippen MR) is 327 cm³/mol. The predicted octanol–water partition coefficient (Wildman–Crippen LogP) is 13.1. The summed E-state index contributed by atoms with van der Waals surface area (Å²) in [4.78, 5) is 50.1. The number of hydrogen-bond donors (Lipinski definition) is 4. The van der Waals surface area contributed by atoms with E-state index in [0.717, 1.165) is 89.8 Å². The fourth-order valence-corrected chi connectivity index (χ4v) is 10.2. The van der Waals surface area contributed by atoms with E-state index in [1.807, 2.05) is 0 Å². The maximum Gasteiger partial charge on any atom is 0.245 e. The van der Waals surface area contributed by atoms with Gasteiger partial charge in [0.05, 0.1) is 26.4 Å². The summed E-state index contributed by atoms with van der Waals surface area (Å²) in [5.41, 5.74) is 10.9. The van der Waals surface area contributed by atoms with Gasteiger partial charge in [-0.3, -0.25) is 40.0 Å². The van der Waals surface area contributed by atoms with Gasteiger partial charge in [0.15, 0.2) is 0 Å². The molecule has 0 unspecified atom stereocenters. The normalized spacial score (nSPS) is 12.8. The standard InChI is InChI=1S/C68H100N4O12/c1-65(2,3)53-37-45-33-47-39-54(66(4,5)6)41-49(62(47)82-30-22-18-26-58(74)70(14)78)35-51-43-56(68(10,11)12)44-52(64(51)84-32-24-20-28-60(76)72(16)80)36-50-42-55(67(7,8)9)40-48(63(50)83-31-23-19-27-59(75)71(15)79)34-46(38-53)61(45)81-29-21-17-25-57(73)69(13)77/h37-44,77-80H,17-36H2,1-16H3. The van der Waals surface area contributed by atoms with Gasteiger partial charge < -0.3 is 18.9 Å². The van der Waals surface area contributed by atoms with E-state index in [9.17, 15) is 40.0 Å². The molecule has 16 nitrogen and oxygen atoms in total. The molecule has 1 aliphatic rings. The van der Waals surface area contributed by atoms with Crippen LogP contribution in [0.1, 0.15) is 227 Å². The number of rotatable bonds is 24. The summed E-state index contributed by atoms with van der Waals surface area (Å²) in [6.45, 7) is 27.7. The second-order valence-corrected chi connectivity index (χ2v) is 27.1. The van der Waals surface area contributed by atoms with Crippen molar-refractivity contribution < 1.29 is 59.0 Å². The van der Waals surface area contributed by atoms with Crippen molar-refractivity contribution in [3.05, 3.63) is 115 Å². The van der Waals surface area contributed by atoms with Crippen LogP contribution in [0.2, 0.25) is 0 Å². The van der Waals surface area contributed by atoms with Crippen LogP contribution >= 0.6 is 0 Å². The molecule has 8 bridgehead atoms. The molecule has 84 heavy (non-hydrogen) atoms. The third kappa shape index (κ3) is 20.0. The molecule has 16 heteroatoms. The number of ether oxygens (including phenoxy) is 4. The van der Waals surface area contributed by atoms with E-state index >= 15 is 0 Å². The smallest absolute Gasteiger partial charge is 0.245 e. The molecule has 0 fully saturated rings. The van der Waals surface area contributed by atoms with Crippen LogP contribution < -0.4 is 18.9 Å². The molecule has 464 valence electrons. The second kappa shape index (κ2) is 29.7. The second-order valence-electron chi connectivity index (χ2n) is 27.1. The quantitative estimate of drug-likeness (QED) is 0.0259. The monoisotopic (exact) mass is 1160 g/mol. The summed E-state index contributed by atoms with van der Waals surface area (Å²) < 4.78 is 28.4. The number of fused-ring (bicyclic) bond motifs is 8. The molecule has 0 aromatic heterocycles. The lowest BCUT2D eigenvalue weighted by molar-refractivity contribution is -0.159. The number of amides is 4. The minimum Gasteiger partial charge on any atom is -0.493 e. The summed E-state index contributed by atoms with van der Waals surface area (Å²) in [5, 5.41) is 41.9. The van der Waals surface area contributed by atoms with Crippen molar-refractivity contribution in [2.75, 3.05) is 54.6 Å². The van der Waals surface area contributed by atoms with E-state index < -0.39 is 0 Å². The maximum atomic E-state index is 12.5. The molecular weight excluding hydrogens is 1060 g/mol. The zero-order valence-electron chi connectivity index (χ0n) is 53.6. The van der Waals surface area contributed by atoms with Crippen LogP contribution in [-0.2, 0) is 66.5 Å². The summed E-state index contributed by atoms with van der Waals surface area (Å²) in [5.74, 6) is 1.41. The first kappa shape index (κ1) is 68.6. The SMILES string of the molecule is CN(O)C(=O)CCCCOc1c2cc(C(C)(C)C)cc1Cc1cc(C(C)(C)C)cc(c1OCCCCC(=O)N(C)O)Cc1cc(C(C)(C)C)cc(c1OCCCCC(=O)N(C)O)Cc1cc(C(C)(C)C)cc(c1OCCCCC(=O)N(C)O)C2. The largest absolute Gasteiger partial charge is 0.493 e. The summed E-state index contributed by atoms with van der Waals surface area (Å²) in [6.07, 6.45) is 6.52. The average Bonchev–Trinajstić information content (AvgIpc) is 1.55. The number of carbonyl (C=O) groups excluding carboxylic acids is 4. The Balaban J connectivity index is 1.92. The highest BCUT2D eigenvalue weighted by molar-refractivity contribution is 5.75. The van der Waals surface area contributed by atoms with Gasteiger partial charge in [-0.15, -0.1) is 0 Å². The summed E-state index contributed by atoms with van der Waals surface area (Å²) in [7, 11) is 5.34. The zero-order chi connectivity index (χ0) is 62.5. The first-order chi connectivity index (χ1) is 39.1. The molecule has 5 rings (SSSR count). The molecule has 0 heterocycles. The van der Waals surface area contributed by atoms with Crippen molar-refractivity contribution in [2.24, 2.45) is 0 Å². The van der Waals surface area contributed by atoms with Crippen LogP contribution in [0, 0.1) is 0 Å². The van der Waals surface area contributed by atoms with Crippen LogP contribution in [0.25, 0.3) is 0 Å². The van der Waals surface area contributed by atoms with E-state index in [0.29, 0.717) is 124 Å². The summed E-state index contributed by atoms with van der Waals surface area (Å²) in [6, 6.07) is 18.1. The van der Waals surface area contributed by atoms with Gasteiger partial charge in [0.2, 0.25) is 23.6 Å². The van der Waals surface area contributed by atoms with E-state index in [1.165, 1.54) is 28.2 Å². The van der Waals surface area contributed by atoms with Crippen molar-refractivity contribution in [3.8, 4) is 23.0 Å². The van der Waals surface area contributed by atoms with E-state index in [4.69, 9.17) is 18.9 Å². The maximum absolute atomic E-state index is 12.5. The van der Waals surface area contributed by atoms with Crippen LogP contribution in [0.4, 0.5) is 0 Å². The van der Waals surface area contributed by atoms with Crippen molar-refractivity contribution in [2.45, 2.75) is 207 Å². The van der Waals surface area contributed by atoms with Crippen LogP contribution in [0.15, 0.2) is 48.5 Å². The van der Waals surface area contributed by atoms with Gasteiger partial charge in [0.25, 0.3) is 0 Å². The third-order valence-corrected chi connectivity index (χ3v) is 15.5. The Kier molecular flexibility index (Phi) is 24.3. The van der Waals surface area contributed by atoms with E-state index in [-0.39, 0.29) is 71.0 Å². The molecule has 0 aliphatic heterocycles. The first-order valence-corrected chi connectivity index (χ1v) is 30.1. The van der Waals surface area contributed by atoms with Gasteiger partial charge in [-0.1, -0.05) is 132 Å². The molecule has 4 aromatic carbocycles. The Labute approximate surface area is 501 Å². The number of nitrogens with zero attached hydrogens (tertiary/aromatic N) is 4. The molecule has 0 radical (unpaired) electrons. The lowest BCUT2D eigenvalue weighted by atomic mass is 9.79. The number of hydrogen-bond acceptors (Lipinski definition) is 12. The fraction of sp³-hybridized carbons (Fsp3) is 0.588. The van der Waals surface area contributed by atoms with E-state index in [1.54, 1.807) is 0 Å². The van der Waals surface area contributed by atoms with Gasteiger partial charge in [0.1, 0.15) is 23.0 Å². The molecule has 0 spiro atoms. The lowest BCUT2D eigenvalue weighted by Gasteiger charge is -2.29. The number of benzene rings is 4. The number of hydroxylamine groups is 8. The Bertz CT molecular complexity index is 2420.